The molecule has 2 aliphatic rings. The van der Waals surface area contributed by atoms with Crippen molar-refractivity contribution >= 4 is 5.91 Å². The SMILES string of the molecule is COc1ccc(C(CNC(=O)C2CC2c2ccccc2C(F)(F)F)N2CCCCC2)cc1. The predicted molar refractivity (Wildman–Crippen MR) is 116 cm³/mol. The van der Waals surface area contributed by atoms with E-state index in [0.29, 0.717) is 13.0 Å². The molecule has 4 rings (SSSR count). The summed E-state index contributed by atoms with van der Waals surface area (Å²) >= 11 is 0. The average Bonchev–Trinajstić information content (AvgIpc) is 3.61. The molecule has 0 bridgehead atoms. The molecule has 3 unspecified atom stereocenters. The van der Waals surface area contributed by atoms with Crippen LogP contribution in [0.25, 0.3) is 0 Å². The van der Waals surface area contributed by atoms with E-state index in [0.717, 1.165) is 43.3 Å². The van der Waals surface area contributed by atoms with Crippen molar-refractivity contribution in [2.75, 3.05) is 26.7 Å². The molecule has 32 heavy (non-hydrogen) atoms. The van der Waals surface area contributed by atoms with Crippen LogP contribution in [0.1, 0.15) is 54.3 Å². The van der Waals surface area contributed by atoms with Gasteiger partial charge in [-0.25, -0.2) is 0 Å². The van der Waals surface area contributed by atoms with E-state index in [-0.39, 0.29) is 23.4 Å². The van der Waals surface area contributed by atoms with Crippen LogP contribution in [-0.4, -0.2) is 37.6 Å². The molecular formula is C25H29F3N2O2. The van der Waals surface area contributed by atoms with Crippen LogP contribution in [-0.2, 0) is 11.0 Å². The number of hydrogen-bond donors (Lipinski definition) is 1. The van der Waals surface area contributed by atoms with Crippen molar-refractivity contribution in [3.63, 3.8) is 0 Å². The van der Waals surface area contributed by atoms with Gasteiger partial charge in [0, 0.05) is 12.5 Å². The molecule has 1 saturated carbocycles. The number of alkyl halides is 3. The van der Waals surface area contributed by atoms with Gasteiger partial charge >= 0.3 is 6.18 Å². The van der Waals surface area contributed by atoms with Gasteiger partial charge in [0.25, 0.3) is 0 Å². The highest BCUT2D eigenvalue weighted by molar-refractivity contribution is 5.83. The monoisotopic (exact) mass is 446 g/mol. The topological polar surface area (TPSA) is 41.6 Å². The lowest BCUT2D eigenvalue weighted by Gasteiger charge is -2.35. The number of benzene rings is 2. The van der Waals surface area contributed by atoms with Crippen molar-refractivity contribution in [1.29, 1.82) is 0 Å². The number of carbonyl (C=O) groups excluding carboxylic acids is 1. The van der Waals surface area contributed by atoms with E-state index in [4.69, 9.17) is 4.74 Å². The van der Waals surface area contributed by atoms with Gasteiger partial charge in [-0.05, 0) is 67.6 Å². The van der Waals surface area contributed by atoms with Gasteiger partial charge in [0.15, 0.2) is 0 Å². The first kappa shape index (κ1) is 22.6. The van der Waals surface area contributed by atoms with Gasteiger partial charge in [-0.2, -0.15) is 13.2 Å². The van der Waals surface area contributed by atoms with E-state index in [1.807, 2.05) is 24.3 Å². The molecule has 2 fully saturated rings. The van der Waals surface area contributed by atoms with Gasteiger partial charge < -0.3 is 10.1 Å². The maximum atomic E-state index is 13.4. The van der Waals surface area contributed by atoms with E-state index >= 15 is 0 Å². The fraction of sp³-hybridized carbons (Fsp3) is 0.480. The maximum Gasteiger partial charge on any atom is 0.416 e. The number of amides is 1. The number of piperidine rings is 1. The molecule has 172 valence electrons. The molecule has 2 aromatic carbocycles. The van der Waals surface area contributed by atoms with Gasteiger partial charge in [-0.3, -0.25) is 9.69 Å². The first-order valence-corrected chi connectivity index (χ1v) is 11.2. The lowest BCUT2D eigenvalue weighted by molar-refractivity contribution is -0.138. The van der Waals surface area contributed by atoms with Crippen LogP contribution >= 0.6 is 0 Å². The van der Waals surface area contributed by atoms with Crippen LogP contribution in [0.3, 0.4) is 0 Å². The van der Waals surface area contributed by atoms with Gasteiger partial charge in [0.2, 0.25) is 5.91 Å². The van der Waals surface area contributed by atoms with E-state index in [2.05, 4.69) is 10.2 Å². The summed E-state index contributed by atoms with van der Waals surface area (Å²) in [5.41, 5.74) is 0.690. The van der Waals surface area contributed by atoms with Crippen molar-refractivity contribution in [3.05, 3.63) is 65.2 Å². The number of hydrogen-bond acceptors (Lipinski definition) is 3. The third kappa shape index (κ3) is 5.09. The van der Waals surface area contributed by atoms with Crippen molar-refractivity contribution in [3.8, 4) is 5.75 Å². The Hall–Kier alpha value is -2.54. The highest BCUT2D eigenvalue weighted by atomic mass is 19.4. The number of ether oxygens (including phenoxy) is 1. The van der Waals surface area contributed by atoms with Crippen molar-refractivity contribution in [1.82, 2.24) is 10.2 Å². The summed E-state index contributed by atoms with van der Waals surface area (Å²) in [6, 6.07) is 13.5. The Balaban J connectivity index is 1.43. The summed E-state index contributed by atoms with van der Waals surface area (Å²) in [7, 11) is 1.63. The summed E-state index contributed by atoms with van der Waals surface area (Å²) in [5.74, 6) is -0.166. The standard InChI is InChI=1S/C25H29F3N2O2/c1-32-18-11-9-17(10-12-18)23(30-13-5-2-6-14-30)16-29-24(31)21-15-20(21)19-7-3-4-8-22(19)25(26,27)28/h3-4,7-12,20-21,23H,2,5-6,13-16H2,1H3,(H,29,31). The zero-order chi connectivity index (χ0) is 22.7. The molecular weight excluding hydrogens is 417 g/mol. The van der Waals surface area contributed by atoms with Gasteiger partial charge in [-0.15, -0.1) is 0 Å². The summed E-state index contributed by atoms with van der Waals surface area (Å²) in [6.07, 6.45) is -0.497. The summed E-state index contributed by atoms with van der Waals surface area (Å²) in [6.45, 7) is 2.38. The average molecular weight is 447 g/mol. The van der Waals surface area contributed by atoms with E-state index in [1.165, 1.54) is 18.6 Å². The van der Waals surface area contributed by atoms with Crippen LogP contribution in [0.4, 0.5) is 13.2 Å². The van der Waals surface area contributed by atoms with Gasteiger partial charge in [0.1, 0.15) is 5.75 Å². The van der Waals surface area contributed by atoms with Crippen molar-refractivity contribution in [2.45, 2.75) is 43.8 Å². The van der Waals surface area contributed by atoms with Crippen LogP contribution in [0, 0.1) is 5.92 Å². The fourth-order valence-electron chi connectivity index (χ4n) is 4.75. The minimum Gasteiger partial charge on any atom is -0.497 e. The normalized spacial score (nSPS) is 22.2. The summed E-state index contributed by atoms with van der Waals surface area (Å²) in [5, 5.41) is 3.03. The number of likely N-dealkylation sites (tertiary alicyclic amines) is 1. The molecule has 1 aliphatic heterocycles. The molecule has 3 atom stereocenters. The molecule has 2 aromatic rings. The van der Waals surface area contributed by atoms with Crippen molar-refractivity contribution in [2.24, 2.45) is 5.92 Å². The third-order valence-electron chi connectivity index (χ3n) is 6.59. The van der Waals surface area contributed by atoms with Crippen LogP contribution < -0.4 is 10.1 Å². The zero-order valence-electron chi connectivity index (χ0n) is 18.2. The van der Waals surface area contributed by atoms with Crippen LogP contribution in [0.5, 0.6) is 5.75 Å². The molecule has 0 radical (unpaired) electrons. The number of methoxy groups -OCH3 is 1. The molecule has 0 aromatic heterocycles. The molecule has 4 nitrogen and oxygen atoms in total. The number of nitrogens with one attached hydrogen (secondary N) is 1. The second-order valence-corrected chi connectivity index (χ2v) is 8.66. The van der Waals surface area contributed by atoms with Gasteiger partial charge in [-0.1, -0.05) is 36.8 Å². The fourth-order valence-corrected chi connectivity index (χ4v) is 4.75. The second kappa shape index (κ2) is 9.53. The zero-order valence-corrected chi connectivity index (χ0v) is 18.2. The quantitative estimate of drug-likeness (QED) is 0.639. The minimum absolute atomic E-state index is 0.0322. The first-order chi connectivity index (χ1) is 15.4. The van der Waals surface area contributed by atoms with Crippen LogP contribution in [0.2, 0.25) is 0 Å². The molecule has 1 N–H and O–H groups in total. The Labute approximate surface area is 186 Å². The second-order valence-electron chi connectivity index (χ2n) is 8.66. The predicted octanol–water partition coefficient (Wildman–Crippen LogP) is 5.16. The number of nitrogens with zero attached hydrogens (tertiary/aromatic N) is 1. The molecule has 1 saturated heterocycles. The highest BCUT2D eigenvalue weighted by Crippen LogP contribution is 2.51. The molecule has 1 heterocycles. The number of rotatable bonds is 7. The van der Waals surface area contributed by atoms with E-state index in [9.17, 15) is 18.0 Å². The largest absolute Gasteiger partial charge is 0.497 e. The molecule has 7 heteroatoms. The Morgan fingerprint density at radius 3 is 2.44 bits per heavy atom. The smallest absolute Gasteiger partial charge is 0.416 e. The summed E-state index contributed by atoms with van der Waals surface area (Å²) < 4.78 is 45.3. The number of carbonyl (C=O) groups is 1. The Kier molecular flexibility index (Phi) is 6.74. The van der Waals surface area contributed by atoms with Crippen LogP contribution in [0.15, 0.2) is 48.5 Å². The molecule has 0 spiro atoms. The Morgan fingerprint density at radius 1 is 1.09 bits per heavy atom. The lowest BCUT2D eigenvalue weighted by atomic mass is 10.0. The lowest BCUT2D eigenvalue weighted by Crippen LogP contribution is -2.41. The third-order valence-corrected chi connectivity index (χ3v) is 6.59. The Morgan fingerprint density at radius 2 is 1.78 bits per heavy atom. The van der Waals surface area contributed by atoms with E-state index < -0.39 is 17.7 Å². The van der Waals surface area contributed by atoms with Crippen molar-refractivity contribution < 1.29 is 22.7 Å². The molecule has 1 amide bonds. The maximum absolute atomic E-state index is 13.4. The highest BCUT2D eigenvalue weighted by Gasteiger charge is 2.47. The molecule has 1 aliphatic carbocycles. The van der Waals surface area contributed by atoms with E-state index in [1.54, 1.807) is 13.2 Å². The van der Waals surface area contributed by atoms with Gasteiger partial charge in [0.05, 0.1) is 18.7 Å². The Bertz CT molecular complexity index is 924. The summed E-state index contributed by atoms with van der Waals surface area (Å²) in [4.78, 5) is 15.2. The number of halogens is 3. The minimum atomic E-state index is -4.41. The first-order valence-electron chi connectivity index (χ1n) is 11.2.